The van der Waals surface area contributed by atoms with Crippen LogP contribution in [0, 0.1) is 31.6 Å². The molecule has 0 spiro atoms. The van der Waals surface area contributed by atoms with Gasteiger partial charge in [0, 0.05) is 23.8 Å². The Balaban J connectivity index is 1.55. The minimum atomic E-state index is -1.10. The van der Waals surface area contributed by atoms with Crippen LogP contribution in [0.2, 0.25) is 0 Å². The molecule has 1 fully saturated rings. The number of rotatable bonds is 6. The Labute approximate surface area is 198 Å². The van der Waals surface area contributed by atoms with Crippen LogP contribution < -0.4 is 5.32 Å². The topological polar surface area (TPSA) is 108 Å². The fourth-order valence-electron chi connectivity index (χ4n) is 4.73. The van der Waals surface area contributed by atoms with Crippen LogP contribution in [0.1, 0.15) is 49.4 Å². The van der Waals surface area contributed by atoms with E-state index in [4.69, 9.17) is 0 Å². The van der Waals surface area contributed by atoms with Crippen molar-refractivity contribution in [2.24, 2.45) is 17.8 Å². The largest absolute Gasteiger partial charge is 0.481 e. The molecule has 4 atom stereocenters. The lowest BCUT2D eigenvalue weighted by Gasteiger charge is -2.39. The maximum atomic E-state index is 11.5. The van der Waals surface area contributed by atoms with E-state index < -0.39 is 11.6 Å². The Morgan fingerprint density at radius 2 is 2.00 bits per heavy atom. The van der Waals surface area contributed by atoms with Crippen LogP contribution in [-0.2, 0) is 10.4 Å². The molecule has 0 amide bonds. The lowest BCUT2D eigenvalue weighted by Crippen LogP contribution is -2.39. The summed E-state index contributed by atoms with van der Waals surface area (Å²) in [5, 5.41) is 24.8. The fourth-order valence-corrected chi connectivity index (χ4v) is 5.75. The minimum Gasteiger partial charge on any atom is -0.481 e. The molecule has 8 heteroatoms. The second kappa shape index (κ2) is 9.19. The van der Waals surface area contributed by atoms with Gasteiger partial charge in [0.1, 0.15) is 10.6 Å². The van der Waals surface area contributed by atoms with E-state index in [1.807, 2.05) is 52.1 Å². The van der Waals surface area contributed by atoms with Gasteiger partial charge in [-0.05, 0) is 81.2 Å². The first-order valence-electron chi connectivity index (χ1n) is 11.2. The van der Waals surface area contributed by atoms with E-state index in [0.29, 0.717) is 30.2 Å². The van der Waals surface area contributed by atoms with Gasteiger partial charge < -0.3 is 15.5 Å². The van der Waals surface area contributed by atoms with Gasteiger partial charge >= 0.3 is 5.97 Å². The highest BCUT2D eigenvalue weighted by Crippen LogP contribution is 2.45. The van der Waals surface area contributed by atoms with E-state index in [9.17, 15) is 15.0 Å². The molecule has 0 aliphatic heterocycles. The van der Waals surface area contributed by atoms with E-state index in [0.717, 1.165) is 27.4 Å². The summed E-state index contributed by atoms with van der Waals surface area (Å²) in [5.41, 5.74) is 2.78. The first-order valence-corrected chi connectivity index (χ1v) is 12.1. The zero-order valence-corrected chi connectivity index (χ0v) is 20.2. The molecule has 3 aromatic rings. The van der Waals surface area contributed by atoms with Gasteiger partial charge in [-0.1, -0.05) is 13.0 Å². The van der Waals surface area contributed by atoms with Gasteiger partial charge in [0.2, 0.25) is 5.95 Å². The summed E-state index contributed by atoms with van der Waals surface area (Å²) in [6.07, 6.45) is 5.47. The summed E-state index contributed by atoms with van der Waals surface area (Å²) in [6.45, 7) is 7.74. The van der Waals surface area contributed by atoms with E-state index in [2.05, 4.69) is 26.3 Å². The van der Waals surface area contributed by atoms with Gasteiger partial charge in [-0.3, -0.25) is 4.79 Å². The molecule has 1 aliphatic carbocycles. The molecule has 3 N–H and O–H groups in total. The van der Waals surface area contributed by atoms with E-state index in [1.54, 1.807) is 6.20 Å². The number of carboxylic acid groups (broad SMARTS) is 1. The number of hydrogen-bond acceptors (Lipinski definition) is 7. The smallest absolute Gasteiger partial charge is 0.306 e. The molecule has 174 valence electrons. The number of aliphatic hydroxyl groups is 1. The van der Waals surface area contributed by atoms with E-state index in [-0.39, 0.29) is 17.8 Å². The normalized spacial score (nSPS) is 22.5. The molecule has 4 rings (SSSR count). The molecular weight excluding hydrogens is 436 g/mol. The van der Waals surface area contributed by atoms with Gasteiger partial charge in [-0.25, -0.2) is 15.0 Å². The predicted octanol–water partition coefficient (Wildman–Crippen LogP) is 5.31. The van der Waals surface area contributed by atoms with Crippen molar-refractivity contribution in [3.05, 3.63) is 52.9 Å². The van der Waals surface area contributed by atoms with Crippen molar-refractivity contribution in [1.82, 2.24) is 15.0 Å². The monoisotopic (exact) mass is 466 g/mol. The molecule has 0 bridgehead atoms. The third-order valence-corrected chi connectivity index (χ3v) is 7.91. The first-order chi connectivity index (χ1) is 15.6. The maximum absolute atomic E-state index is 11.5. The average Bonchev–Trinajstić information content (AvgIpc) is 3.24. The van der Waals surface area contributed by atoms with Crippen LogP contribution in [0.4, 0.5) is 11.6 Å². The quantitative estimate of drug-likeness (QED) is 0.452. The number of aromatic nitrogens is 3. The van der Waals surface area contributed by atoms with Crippen LogP contribution >= 0.6 is 11.3 Å². The van der Waals surface area contributed by atoms with Crippen LogP contribution in [0.15, 0.2) is 36.7 Å². The summed E-state index contributed by atoms with van der Waals surface area (Å²) in [7, 11) is 0. The predicted molar refractivity (Wildman–Crippen MR) is 130 cm³/mol. The third-order valence-electron chi connectivity index (χ3n) is 6.63. The fraction of sp³-hybridized carbons (Fsp3) is 0.440. The number of carboxylic acids is 1. The molecular formula is C25H30N4O3S. The standard InChI is InChI=1S/C25H30N4O3S/c1-14-9-17(12-19(10-14)29-24-26-8-7-16(3)28-24)21-13-27-23(33-21)25(4,32)18-5-6-20(22(30)31)15(2)11-18/h7-10,12-13,15,18,20,32H,5-6,11H2,1-4H3,(H,30,31)(H,26,28,29)/t15-,18+,20+,25?/m0/s1. The first kappa shape index (κ1) is 23.3. The molecule has 33 heavy (non-hydrogen) atoms. The minimum absolute atomic E-state index is 0.0182. The van der Waals surface area contributed by atoms with Crippen LogP contribution in [0.25, 0.3) is 10.4 Å². The SMILES string of the molecule is Cc1cc(Nc2nccc(C)n2)cc(-c2cnc(C(C)(O)[C@@H]3CC[C@@H](C(=O)O)[C@@H](C)C3)s2)c1. The number of aryl methyl sites for hydroxylation is 2. The van der Waals surface area contributed by atoms with Crippen molar-refractivity contribution in [3.8, 4) is 10.4 Å². The highest BCUT2D eigenvalue weighted by molar-refractivity contribution is 7.15. The van der Waals surface area contributed by atoms with Gasteiger partial charge in [0.25, 0.3) is 0 Å². The highest BCUT2D eigenvalue weighted by atomic mass is 32.1. The number of nitrogens with zero attached hydrogens (tertiary/aromatic N) is 3. The summed E-state index contributed by atoms with van der Waals surface area (Å²) in [4.78, 5) is 25.7. The number of hydrogen-bond donors (Lipinski definition) is 3. The molecule has 7 nitrogen and oxygen atoms in total. The number of thiazole rings is 1. The van der Waals surface area contributed by atoms with Crippen molar-refractivity contribution in [1.29, 1.82) is 0 Å². The van der Waals surface area contributed by atoms with Crippen molar-refractivity contribution >= 4 is 28.9 Å². The van der Waals surface area contributed by atoms with Gasteiger partial charge in [-0.15, -0.1) is 11.3 Å². The molecule has 0 radical (unpaired) electrons. The molecule has 1 saturated carbocycles. The molecule has 0 saturated heterocycles. The lowest BCUT2D eigenvalue weighted by atomic mass is 9.69. The molecule has 2 heterocycles. The van der Waals surface area contributed by atoms with Crippen molar-refractivity contribution in [2.75, 3.05) is 5.32 Å². The van der Waals surface area contributed by atoms with Crippen LogP contribution in [-0.4, -0.2) is 31.1 Å². The zero-order valence-electron chi connectivity index (χ0n) is 19.4. The maximum Gasteiger partial charge on any atom is 0.306 e. The zero-order chi connectivity index (χ0) is 23.8. The summed E-state index contributed by atoms with van der Waals surface area (Å²) in [6, 6.07) is 8.02. The molecule has 1 aromatic carbocycles. The Morgan fingerprint density at radius 3 is 2.70 bits per heavy atom. The number of aliphatic carboxylic acids is 1. The summed E-state index contributed by atoms with van der Waals surface area (Å²) in [5.74, 6) is -0.515. The van der Waals surface area contributed by atoms with Crippen molar-refractivity contribution in [3.63, 3.8) is 0 Å². The second-order valence-corrected chi connectivity index (χ2v) is 10.4. The molecule has 1 unspecified atom stereocenters. The van der Waals surface area contributed by atoms with Crippen molar-refractivity contribution in [2.45, 2.75) is 52.6 Å². The molecule has 2 aromatic heterocycles. The van der Waals surface area contributed by atoms with Gasteiger partial charge in [-0.2, -0.15) is 0 Å². The Morgan fingerprint density at radius 1 is 1.21 bits per heavy atom. The summed E-state index contributed by atoms with van der Waals surface area (Å²) < 4.78 is 0. The van der Waals surface area contributed by atoms with Gasteiger partial charge in [0.05, 0.1) is 10.8 Å². The average molecular weight is 467 g/mol. The van der Waals surface area contributed by atoms with E-state index >= 15 is 0 Å². The number of benzene rings is 1. The van der Waals surface area contributed by atoms with Crippen LogP contribution in [0.5, 0.6) is 0 Å². The van der Waals surface area contributed by atoms with Crippen molar-refractivity contribution < 1.29 is 15.0 Å². The third kappa shape index (κ3) is 5.07. The second-order valence-electron chi connectivity index (χ2n) is 9.34. The number of carbonyl (C=O) groups is 1. The molecule has 1 aliphatic rings. The van der Waals surface area contributed by atoms with Gasteiger partial charge in [0.15, 0.2) is 0 Å². The Kier molecular flexibility index (Phi) is 6.50. The lowest BCUT2D eigenvalue weighted by molar-refractivity contribution is -0.146. The Bertz CT molecular complexity index is 1160. The highest BCUT2D eigenvalue weighted by Gasteiger charge is 2.42. The Hall–Kier alpha value is -2.84. The van der Waals surface area contributed by atoms with Crippen LogP contribution in [0.3, 0.4) is 0 Å². The number of anilines is 2. The summed E-state index contributed by atoms with van der Waals surface area (Å²) >= 11 is 1.48. The number of nitrogens with one attached hydrogen (secondary N) is 1. The van der Waals surface area contributed by atoms with E-state index in [1.165, 1.54) is 11.3 Å².